The molecule has 1 aliphatic heterocycles. The molecule has 0 spiro atoms. The number of anilines is 1. The van der Waals surface area contributed by atoms with Crippen molar-refractivity contribution in [2.75, 3.05) is 11.4 Å². The van der Waals surface area contributed by atoms with Crippen LogP contribution in [0.5, 0.6) is 0 Å². The third-order valence-corrected chi connectivity index (χ3v) is 2.59. The van der Waals surface area contributed by atoms with Crippen molar-refractivity contribution >= 4 is 11.5 Å². The molecule has 0 atom stereocenters. The molecule has 0 unspecified atom stereocenters. The van der Waals surface area contributed by atoms with Gasteiger partial charge in [-0.05, 0) is 26.0 Å². The fourth-order valence-electron chi connectivity index (χ4n) is 1.85. The van der Waals surface area contributed by atoms with Crippen molar-refractivity contribution < 1.29 is 4.79 Å². The van der Waals surface area contributed by atoms with Crippen LogP contribution in [0, 0.1) is 6.92 Å². The van der Waals surface area contributed by atoms with Crippen LogP contribution in [0.2, 0.25) is 0 Å². The first-order valence-electron chi connectivity index (χ1n) is 4.77. The van der Waals surface area contributed by atoms with E-state index in [0.29, 0.717) is 5.70 Å². The second-order valence-electron chi connectivity index (χ2n) is 3.54. The summed E-state index contributed by atoms with van der Waals surface area (Å²) in [5.41, 5.74) is 3.49. The van der Waals surface area contributed by atoms with E-state index in [4.69, 9.17) is 0 Å². The monoisotopic (exact) mass is 187 g/mol. The SMILES string of the molecule is C=C1C(=O)c2cc(C)ccc2N1CC. The first-order chi connectivity index (χ1) is 6.65. The van der Waals surface area contributed by atoms with Gasteiger partial charge in [0, 0.05) is 12.1 Å². The first kappa shape index (κ1) is 9.00. The number of hydrogen-bond acceptors (Lipinski definition) is 2. The molecule has 0 saturated carbocycles. The molecule has 0 amide bonds. The first-order valence-corrected chi connectivity index (χ1v) is 4.77. The Morgan fingerprint density at radius 1 is 1.43 bits per heavy atom. The number of rotatable bonds is 1. The second-order valence-corrected chi connectivity index (χ2v) is 3.54. The Balaban J connectivity index is 2.61. The molecule has 72 valence electrons. The summed E-state index contributed by atoms with van der Waals surface area (Å²) >= 11 is 0. The maximum atomic E-state index is 11.8. The van der Waals surface area contributed by atoms with Crippen LogP contribution in [0.4, 0.5) is 5.69 Å². The van der Waals surface area contributed by atoms with Crippen LogP contribution >= 0.6 is 0 Å². The van der Waals surface area contributed by atoms with E-state index in [2.05, 4.69) is 6.58 Å². The van der Waals surface area contributed by atoms with E-state index in [-0.39, 0.29) is 5.78 Å². The minimum Gasteiger partial charge on any atom is -0.338 e. The molecular weight excluding hydrogens is 174 g/mol. The van der Waals surface area contributed by atoms with Gasteiger partial charge >= 0.3 is 0 Å². The Kier molecular flexibility index (Phi) is 1.92. The highest BCUT2D eigenvalue weighted by atomic mass is 16.1. The molecule has 2 rings (SSSR count). The van der Waals surface area contributed by atoms with Gasteiger partial charge in [0.25, 0.3) is 0 Å². The lowest BCUT2D eigenvalue weighted by Gasteiger charge is -2.16. The predicted molar refractivity (Wildman–Crippen MR) is 57.7 cm³/mol. The number of likely N-dealkylation sites (N-methyl/N-ethyl adjacent to an activating group) is 1. The number of hydrogen-bond donors (Lipinski definition) is 0. The van der Waals surface area contributed by atoms with Crippen molar-refractivity contribution in [1.82, 2.24) is 0 Å². The topological polar surface area (TPSA) is 20.3 Å². The fraction of sp³-hybridized carbons (Fsp3) is 0.250. The Morgan fingerprint density at radius 2 is 2.14 bits per heavy atom. The second kappa shape index (κ2) is 2.98. The maximum absolute atomic E-state index is 11.8. The number of carbonyl (C=O) groups is 1. The van der Waals surface area contributed by atoms with Gasteiger partial charge in [-0.25, -0.2) is 0 Å². The molecule has 1 aliphatic rings. The molecular formula is C12H13NO. The van der Waals surface area contributed by atoms with E-state index in [0.717, 1.165) is 23.4 Å². The van der Waals surface area contributed by atoms with Gasteiger partial charge in [-0.2, -0.15) is 0 Å². The van der Waals surface area contributed by atoms with E-state index < -0.39 is 0 Å². The fourth-order valence-corrected chi connectivity index (χ4v) is 1.85. The largest absolute Gasteiger partial charge is 0.338 e. The summed E-state index contributed by atoms with van der Waals surface area (Å²) in [6.07, 6.45) is 0. The predicted octanol–water partition coefficient (Wildman–Crippen LogP) is 2.53. The van der Waals surface area contributed by atoms with E-state index in [1.54, 1.807) is 0 Å². The number of carbonyl (C=O) groups excluding carboxylic acids is 1. The number of fused-ring (bicyclic) bond motifs is 1. The van der Waals surface area contributed by atoms with E-state index in [9.17, 15) is 4.79 Å². The number of nitrogens with zero attached hydrogens (tertiary/aromatic N) is 1. The minimum absolute atomic E-state index is 0.0607. The molecule has 0 fully saturated rings. The quantitative estimate of drug-likeness (QED) is 0.630. The average molecular weight is 187 g/mol. The van der Waals surface area contributed by atoms with Gasteiger partial charge < -0.3 is 4.90 Å². The number of benzene rings is 1. The highest BCUT2D eigenvalue weighted by molar-refractivity contribution is 6.18. The van der Waals surface area contributed by atoms with Crippen LogP contribution in [-0.2, 0) is 0 Å². The van der Waals surface area contributed by atoms with Gasteiger partial charge in [-0.1, -0.05) is 18.2 Å². The Morgan fingerprint density at radius 3 is 2.79 bits per heavy atom. The zero-order chi connectivity index (χ0) is 10.3. The highest BCUT2D eigenvalue weighted by Crippen LogP contribution is 2.33. The highest BCUT2D eigenvalue weighted by Gasteiger charge is 2.29. The summed E-state index contributed by atoms with van der Waals surface area (Å²) in [6, 6.07) is 5.94. The number of allylic oxidation sites excluding steroid dienone is 1. The van der Waals surface area contributed by atoms with E-state index >= 15 is 0 Å². The molecule has 14 heavy (non-hydrogen) atoms. The van der Waals surface area contributed by atoms with Crippen LogP contribution < -0.4 is 4.90 Å². The van der Waals surface area contributed by atoms with Crippen molar-refractivity contribution in [3.63, 3.8) is 0 Å². The Bertz CT molecular complexity index is 420. The van der Waals surface area contributed by atoms with Crippen molar-refractivity contribution in [3.05, 3.63) is 41.6 Å². The summed E-state index contributed by atoms with van der Waals surface area (Å²) in [5, 5.41) is 0. The molecule has 0 N–H and O–H groups in total. The average Bonchev–Trinajstić information content (AvgIpc) is 2.41. The van der Waals surface area contributed by atoms with Crippen molar-refractivity contribution in [1.29, 1.82) is 0 Å². The smallest absolute Gasteiger partial charge is 0.210 e. The van der Waals surface area contributed by atoms with Crippen LogP contribution in [0.3, 0.4) is 0 Å². The van der Waals surface area contributed by atoms with Crippen LogP contribution in [0.1, 0.15) is 22.8 Å². The summed E-state index contributed by atoms with van der Waals surface area (Å²) in [6.45, 7) is 8.61. The van der Waals surface area contributed by atoms with Gasteiger partial charge in [0.2, 0.25) is 5.78 Å². The summed E-state index contributed by atoms with van der Waals surface area (Å²) in [4.78, 5) is 13.7. The summed E-state index contributed by atoms with van der Waals surface area (Å²) in [7, 11) is 0. The molecule has 1 aromatic rings. The third kappa shape index (κ3) is 1.07. The van der Waals surface area contributed by atoms with Crippen molar-refractivity contribution in [2.24, 2.45) is 0 Å². The van der Waals surface area contributed by atoms with Gasteiger partial charge in [-0.3, -0.25) is 4.79 Å². The van der Waals surface area contributed by atoms with Gasteiger partial charge in [0.15, 0.2) is 0 Å². The molecule has 0 saturated heterocycles. The standard InChI is InChI=1S/C12H13NO/c1-4-13-9(3)12(14)10-7-8(2)5-6-11(10)13/h5-7H,3-4H2,1-2H3. The molecule has 0 radical (unpaired) electrons. The maximum Gasteiger partial charge on any atom is 0.210 e. The van der Waals surface area contributed by atoms with Gasteiger partial charge in [-0.15, -0.1) is 0 Å². The minimum atomic E-state index is 0.0607. The molecule has 0 aromatic heterocycles. The number of aryl methyl sites for hydroxylation is 1. The van der Waals surface area contributed by atoms with Crippen molar-refractivity contribution in [2.45, 2.75) is 13.8 Å². The lowest BCUT2D eigenvalue weighted by molar-refractivity contribution is 0.103. The van der Waals surface area contributed by atoms with E-state index in [1.165, 1.54) is 0 Å². The van der Waals surface area contributed by atoms with Gasteiger partial charge in [0.1, 0.15) is 0 Å². The summed E-state index contributed by atoms with van der Waals surface area (Å²) < 4.78 is 0. The lowest BCUT2D eigenvalue weighted by Crippen LogP contribution is -2.18. The molecule has 0 bridgehead atoms. The molecule has 0 aliphatic carbocycles. The Labute approximate surface area is 83.8 Å². The van der Waals surface area contributed by atoms with Crippen LogP contribution in [-0.4, -0.2) is 12.3 Å². The number of ketones is 1. The van der Waals surface area contributed by atoms with Crippen LogP contribution in [0.15, 0.2) is 30.5 Å². The Hall–Kier alpha value is -1.57. The molecule has 2 heteroatoms. The lowest BCUT2D eigenvalue weighted by atomic mass is 10.1. The molecule has 1 aromatic carbocycles. The van der Waals surface area contributed by atoms with Crippen molar-refractivity contribution in [3.8, 4) is 0 Å². The zero-order valence-electron chi connectivity index (χ0n) is 8.50. The third-order valence-electron chi connectivity index (χ3n) is 2.59. The normalized spacial score (nSPS) is 14.9. The number of Topliss-reactive ketones (excluding diaryl/α,β-unsaturated/α-hetero) is 1. The summed E-state index contributed by atoms with van der Waals surface area (Å²) in [5.74, 6) is 0.0607. The van der Waals surface area contributed by atoms with E-state index in [1.807, 2.05) is 36.9 Å². The van der Waals surface area contributed by atoms with Gasteiger partial charge in [0.05, 0.1) is 11.4 Å². The molecule has 2 nitrogen and oxygen atoms in total. The zero-order valence-corrected chi connectivity index (χ0v) is 8.50. The molecule has 1 heterocycles. The van der Waals surface area contributed by atoms with Crippen LogP contribution in [0.25, 0.3) is 0 Å².